The summed E-state index contributed by atoms with van der Waals surface area (Å²) in [7, 11) is 0. The number of carboxylic acids is 1. The minimum absolute atomic E-state index is 0.115. The Balaban J connectivity index is 1.77. The number of rotatable bonds is 10. The lowest BCUT2D eigenvalue weighted by Crippen LogP contribution is -2.72. The van der Waals surface area contributed by atoms with Crippen molar-refractivity contribution in [3.05, 3.63) is 34.6 Å². The standard InChI is InChI=1S/C20H24N8O4S3/c21-5-7-34-8-9-11(2-1-6-25-9)35-12-4-3-10-14(18(30)28(10)15(12)19(31)32)26-17(29)13(22)16(23)27-20(24)33/h1-2,6,10,14,22H,3-5,7-8,21H2,(H,26,29)(H,31,32)(H4,23,24,27,33). The van der Waals surface area contributed by atoms with Crippen molar-refractivity contribution in [1.82, 2.24) is 15.2 Å². The molecule has 186 valence electrons. The molecule has 0 spiro atoms. The fraction of sp³-hybridized carbons (Fsp3) is 0.350. The lowest BCUT2D eigenvalue weighted by molar-refractivity contribution is -0.155. The maximum absolute atomic E-state index is 12.9. The van der Waals surface area contributed by atoms with Gasteiger partial charge in [-0.1, -0.05) is 11.8 Å². The normalized spacial score (nSPS) is 19.6. The number of hydrogen-bond acceptors (Lipinski definition) is 9. The number of pyridine rings is 1. The van der Waals surface area contributed by atoms with E-state index >= 15 is 0 Å². The van der Waals surface area contributed by atoms with Crippen molar-refractivity contribution >= 4 is 70.2 Å². The first kappa shape index (κ1) is 26.6. The molecule has 15 heteroatoms. The van der Waals surface area contributed by atoms with Gasteiger partial charge in [-0.2, -0.15) is 11.8 Å². The number of nitrogens with zero attached hydrogens (tertiary/aromatic N) is 3. The van der Waals surface area contributed by atoms with E-state index in [1.54, 1.807) is 24.0 Å². The summed E-state index contributed by atoms with van der Waals surface area (Å²) in [6, 6.07) is 2.09. The Kier molecular flexibility index (Phi) is 8.82. The number of nitrogens with one attached hydrogen (secondary N) is 2. The maximum Gasteiger partial charge on any atom is 0.353 e. The Hall–Kier alpha value is -3.01. The Morgan fingerprint density at radius 2 is 2.14 bits per heavy atom. The number of carbonyl (C=O) groups is 3. The van der Waals surface area contributed by atoms with Gasteiger partial charge in [0.2, 0.25) is 0 Å². The summed E-state index contributed by atoms with van der Waals surface area (Å²) in [6.07, 6.45) is 2.49. The number of amidine groups is 1. The lowest BCUT2D eigenvalue weighted by Gasteiger charge is -2.50. The number of aliphatic carboxylic acids is 1. The van der Waals surface area contributed by atoms with Gasteiger partial charge in [0, 0.05) is 34.0 Å². The SMILES string of the molecule is N=C(C(=O)NC1C(=O)N2C(C(=O)O)=C(Sc3cccnc3CSCCN)CCC12)C(N)=NC(N)=S. The van der Waals surface area contributed by atoms with Gasteiger partial charge in [-0.05, 0) is 37.2 Å². The molecule has 0 radical (unpaired) electrons. The van der Waals surface area contributed by atoms with Crippen LogP contribution in [0.4, 0.5) is 0 Å². The topological polar surface area (TPSA) is 214 Å². The Morgan fingerprint density at radius 1 is 1.40 bits per heavy atom. The smallest absolute Gasteiger partial charge is 0.353 e. The van der Waals surface area contributed by atoms with Crippen LogP contribution in [0.2, 0.25) is 0 Å². The monoisotopic (exact) mass is 536 g/mol. The van der Waals surface area contributed by atoms with Crippen LogP contribution in [0.25, 0.3) is 0 Å². The molecule has 1 aromatic heterocycles. The zero-order valence-corrected chi connectivity index (χ0v) is 20.8. The van der Waals surface area contributed by atoms with E-state index in [-0.39, 0.29) is 10.8 Å². The number of fused-ring (bicyclic) bond motifs is 1. The number of allylic oxidation sites excluding steroid dienone is 1. The molecule has 1 fully saturated rings. The fourth-order valence-corrected chi connectivity index (χ4v) is 5.72. The van der Waals surface area contributed by atoms with Gasteiger partial charge in [0.25, 0.3) is 11.8 Å². The number of nitrogens with two attached hydrogens (primary N) is 3. The molecule has 0 bridgehead atoms. The van der Waals surface area contributed by atoms with Crippen LogP contribution >= 0.6 is 35.7 Å². The minimum atomic E-state index is -1.24. The van der Waals surface area contributed by atoms with Crippen LogP contribution < -0.4 is 22.5 Å². The molecular formula is C20H24N8O4S3. The molecule has 9 N–H and O–H groups in total. The predicted octanol–water partition coefficient (Wildman–Crippen LogP) is -0.228. The molecule has 1 saturated heterocycles. The van der Waals surface area contributed by atoms with Gasteiger partial charge in [0.05, 0.1) is 11.7 Å². The average molecular weight is 537 g/mol. The van der Waals surface area contributed by atoms with Crippen LogP contribution in [0.1, 0.15) is 18.5 Å². The molecule has 0 aromatic carbocycles. The third-order valence-electron chi connectivity index (χ3n) is 5.18. The van der Waals surface area contributed by atoms with Crippen molar-refractivity contribution < 1.29 is 19.5 Å². The largest absolute Gasteiger partial charge is 0.477 e. The fourth-order valence-electron chi connectivity index (χ4n) is 3.64. The molecular weight excluding hydrogens is 512 g/mol. The molecule has 2 atom stereocenters. The Bertz CT molecular complexity index is 1140. The minimum Gasteiger partial charge on any atom is -0.477 e. The van der Waals surface area contributed by atoms with Crippen molar-refractivity contribution in [3.63, 3.8) is 0 Å². The predicted molar refractivity (Wildman–Crippen MR) is 138 cm³/mol. The third-order valence-corrected chi connectivity index (χ3v) is 7.51. The molecule has 12 nitrogen and oxygen atoms in total. The second-order valence-electron chi connectivity index (χ2n) is 7.44. The average Bonchev–Trinajstić information content (AvgIpc) is 2.82. The van der Waals surface area contributed by atoms with E-state index in [9.17, 15) is 19.5 Å². The van der Waals surface area contributed by atoms with Crippen molar-refractivity contribution in [2.45, 2.75) is 35.6 Å². The summed E-state index contributed by atoms with van der Waals surface area (Å²) in [6.45, 7) is 0.545. The highest BCUT2D eigenvalue weighted by atomic mass is 32.2. The Labute approximate surface area is 214 Å². The zero-order chi connectivity index (χ0) is 25.7. The van der Waals surface area contributed by atoms with E-state index in [0.29, 0.717) is 30.0 Å². The second-order valence-corrected chi connectivity index (χ2v) is 10.1. The molecule has 2 unspecified atom stereocenters. The highest BCUT2D eigenvalue weighted by Crippen LogP contribution is 2.43. The van der Waals surface area contributed by atoms with Crippen LogP contribution in [0.3, 0.4) is 0 Å². The van der Waals surface area contributed by atoms with Gasteiger partial charge in [-0.25, -0.2) is 9.79 Å². The van der Waals surface area contributed by atoms with E-state index in [1.165, 1.54) is 16.7 Å². The molecule has 3 heterocycles. The lowest BCUT2D eigenvalue weighted by atomic mass is 9.86. The third kappa shape index (κ3) is 5.98. The molecule has 2 amide bonds. The van der Waals surface area contributed by atoms with Crippen LogP contribution in [-0.2, 0) is 20.1 Å². The van der Waals surface area contributed by atoms with Crippen LogP contribution in [-0.4, -0.2) is 73.8 Å². The van der Waals surface area contributed by atoms with Crippen LogP contribution in [0.15, 0.2) is 38.8 Å². The van der Waals surface area contributed by atoms with Crippen molar-refractivity contribution in [3.8, 4) is 0 Å². The number of thiocarbonyl (C=S) groups is 1. The summed E-state index contributed by atoms with van der Waals surface area (Å²) in [5, 5.41) is 19.8. The molecule has 2 aliphatic heterocycles. The summed E-state index contributed by atoms with van der Waals surface area (Å²) in [5.41, 5.74) is 16.3. The number of carbonyl (C=O) groups excluding carboxylic acids is 2. The second kappa shape index (κ2) is 11.6. The van der Waals surface area contributed by atoms with Gasteiger partial charge in [-0.3, -0.25) is 24.9 Å². The van der Waals surface area contributed by atoms with Crippen molar-refractivity contribution in [1.29, 1.82) is 5.41 Å². The highest BCUT2D eigenvalue weighted by Gasteiger charge is 2.53. The number of hydrogen-bond donors (Lipinski definition) is 6. The van der Waals surface area contributed by atoms with Gasteiger partial charge < -0.3 is 27.6 Å². The van der Waals surface area contributed by atoms with Gasteiger partial charge in [0.15, 0.2) is 16.7 Å². The quantitative estimate of drug-likeness (QED) is 0.0755. The van der Waals surface area contributed by atoms with Crippen molar-refractivity contribution in [2.75, 3.05) is 12.3 Å². The van der Waals surface area contributed by atoms with E-state index in [0.717, 1.165) is 16.3 Å². The molecule has 0 saturated carbocycles. The number of carboxylic acid groups (broad SMARTS) is 1. The Morgan fingerprint density at radius 3 is 2.80 bits per heavy atom. The van der Waals surface area contributed by atoms with E-state index in [1.807, 2.05) is 6.07 Å². The summed E-state index contributed by atoms with van der Waals surface area (Å²) in [4.78, 5) is 47.8. The summed E-state index contributed by atoms with van der Waals surface area (Å²) >= 11 is 7.48. The first-order chi connectivity index (χ1) is 16.6. The summed E-state index contributed by atoms with van der Waals surface area (Å²) in [5.74, 6) is -1.84. The maximum atomic E-state index is 12.9. The molecule has 35 heavy (non-hydrogen) atoms. The number of aromatic nitrogens is 1. The molecule has 2 aliphatic rings. The molecule has 3 rings (SSSR count). The van der Waals surface area contributed by atoms with Gasteiger partial charge in [0.1, 0.15) is 11.7 Å². The van der Waals surface area contributed by atoms with Crippen molar-refractivity contribution in [2.24, 2.45) is 22.2 Å². The van der Waals surface area contributed by atoms with E-state index < -0.39 is 41.4 Å². The first-order valence-corrected chi connectivity index (χ1v) is 12.8. The van der Waals surface area contributed by atoms with E-state index in [2.05, 4.69) is 27.5 Å². The molecule has 0 aliphatic carbocycles. The highest BCUT2D eigenvalue weighted by molar-refractivity contribution is 8.03. The van der Waals surface area contributed by atoms with Gasteiger partial charge in [-0.15, -0.1) is 0 Å². The zero-order valence-electron chi connectivity index (χ0n) is 18.4. The van der Waals surface area contributed by atoms with Crippen LogP contribution in [0.5, 0.6) is 0 Å². The van der Waals surface area contributed by atoms with E-state index in [4.69, 9.17) is 22.6 Å². The first-order valence-electron chi connectivity index (χ1n) is 10.4. The number of aliphatic imine (C=N–C) groups is 1. The van der Waals surface area contributed by atoms with Gasteiger partial charge >= 0.3 is 5.97 Å². The number of amides is 2. The van der Waals surface area contributed by atoms with Crippen LogP contribution in [0, 0.1) is 5.41 Å². The number of β-lactam (4-membered cyclic amide) rings is 1. The molecule has 1 aromatic rings. The summed E-state index contributed by atoms with van der Waals surface area (Å²) < 4.78 is 0. The number of thioether (sulfide) groups is 2.